The predicted molar refractivity (Wildman–Crippen MR) is 37.4 cm³/mol. The maximum Gasteiger partial charge on any atom is 0.0218 e. The Kier molecular flexibility index (Phi) is 5.08. The SMILES string of the molecule is CN[CH]CCC(C)C. The van der Waals surface area contributed by atoms with Crippen LogP contribution < -0.4 is 5.32 Å². The summed E-state index contributed by atoms with van der Waals surface area (Å²) in [5, 5.41) is 3.00. The van der Waals surface area contributed by atoms with Crippen LogP contribution in [0.5, 0.6) is 0 Å². The molecule has 0 aliphatic carbocycles. The first-order valence-corrected chi connectivity index (χ1v) is 3.26. The Hall–Kier alpha value is -0.0400. The minimum absolute atomic E-state index is 0.833. The lowest BCUT2D eigenvalue weighted by Gasteiger charge is -2.01. The average Bonchev–Trinajstić information content (AvgIpc) is 1.66. The van der Waals surface area contributed by atoms with Crippen molar-refractivity contribution >= 4 is 0 Å². The van der Waals surface area contributed by atoms with Gasteiger partial charge in [-0.25, -0.2) is 0 Å². The molecule has 0 aliphatic heterocycles. The largest absolute Gasteiger partial charge is 0.315 e. The van der Waals surface area contributed by atoms with Crippen molar-refractivity contribution in [3.63, 3.8) is 0 Å². The topological polar surface area (TPSA) is 12.0 Å². The molecule has 0 atom stereocenters. The zero-order valence-corrected chi connectivity index (χ0v) is 6.07. The summed E-state index contributed by atoms with van der Waals surface area (Å²) in [6.07, 6.45) is 2.48. The third-order valence-electron chi connectivity index (χ3n) is 1.09. The van der Waals surface area contributed by atoms with Crippen molar-refractivity contribution in [1.82, 2.24) is 5.32 Å². The molecular weight excluding hydrogens is 98.1 g/mol. The van der Waals surface area contributed by atoms with Crippen LogP contribution in [0.1, 0.15) is 26.7 Å². The van der Waals surface area contributed by atoms with E-state index in [1.54, 1.807) is 0 Å². The molecule has 0 aromatic heterocycles. The minimum atomic E-state index is 0.833. The molecule has 0 amide bonds. The molecule has 0 fully saturated rings. The highest BCUT2D eigenvalue weighted by Crippen LogP contribution is 2.02. The molecule has 0 unspecified atom stereocenters. The van der Waals surface area contributed by atoms with E-state index in [2.05, 4.69) is 25.7 Å². The molecule has 1 radical (unpaired) electrons. The Morgan fingerprint density at radius 1 is 1.50 bits per heavy atom. The molecule has 1 heteroatoms. The smallest absolute Gasteiger partial charge is 0.0218 e. The van der Waals surface area contributed by atoms with Gasteiger partial charge in [-0.2, -0.15) is 0 Å². The van der Waals surface area contributed by atoms with Crippen LogP contribution in [0.3, 0.4) is 0 Å². The van der Waals surface area contributed by atoms with Crippen molar-refractivity contribution in [3.05, 3.63) is 6.54 Å². The van der Waals surface area contributed by atoms with Crippen LogP contribution in [0.15, 0.2) is 0 Å². The van der Waals surface area contributed by atoms with Gasteiger partial charge in [0.15, 0.2) is 0 Å². The van der Waals surface area contributed by atoms with Gasteiger partial charge in [-0.05, 0) is 25.8 Å². The third-order valence-corrected chi connectivity index (χ3v) is 1.09. The standard InChI is InChI=1S/C7H16N/c1-7(2)5-4-6-8-3/h6-8H,4-5H2,1-3H3. The van der Waals surface area contributed by atoms with E-state index in [9.17, 15) is 0 Å². The van der Waals surface area contributed by atoms with E-state index >= 15 is 0 Å². The Labute approximate surface area is 52.5 Å². The molecule has 1 nitrogen and oxygen atoms in total. The number of nitrogens with one attached hydrogen (secondary N) is 1. The van der Waals surface area contributed by atoms with E-state index in [1.807, 2.05) is 7.05 Å². The number of hydrogen-bond acceptors (Lipinski definition) is 1. The molecule has 8 heavy (non-hydrogen) atoms. The normalized spacial score (nSPS) is 10.5. The molecule has 0 aliphatic rings. The van der Waals surface area contributed by atoms with Crippen molar-refractivity contribution in [2.75, 3.05) is 7.05 Å². The third kappa shape index (κ3) is 5.96. The van der Waals surface area contributed by atoms with E-state index in [4.69, 9.17) is 0 Å². The number of hydrogen-bond donors (Lipinski definition) is 1. The lowest BCUT2D eigenvalue weighted by Crippen LogP contribution is -2.01. The van der Waals surface area contributed by atoms with Gasteiger partial charge in [0.1, 0.15) is 0 Å². The van der Waals surface area contributed by atoms with E-state index in [1.165, 1.54) is 12.8 Å². The highest BCUT2D eigenvalue weighted by atomic mass is 14.8. The Balaban J connectivity index is 2.72. The second-order valence-corrected chi connectivity index (χ2v) is 2.46. The van der Waals surface area contributed by atoms with Gasteiger partial charge in [0.2, 0.25) is 0 Å². The summed E-state index contributed by atoms with van der Waals surface area (Å²) in [5.41, 5.74) is 0. The van der Waals surface area contributed by atoms with Gasteiger partial charge < -0.3 is 5.32 Å². The van der Waals surface area contributed by atoms with E-state index in [0.29, 0.717) is 0 Å². The van der Waals surface area contributed by atoms with Crippen LogP contribution >= 0.6 is 0 Å². The van der Waals surface area contributed by atoms with E-state index in [0.717, 1.165) is 5.92 Å². The summed E-state index contributed by atoms with van der Waals surface area (Å²) in [6.45, 7) is 6.58. The fourth-order valence-electron chi connectivity index (χ4n) is 0.561. The first-order valence-electron chi connectivity index (χ1n) is 3.26. The van der Waals surface area contributed by atoms with Gasteiger partial charge in [0.05, 0.1) is 0 Å². The van der Waals surface area contributed by atoms with Gasteiger partial charge in [-0.15, -0.1) is 0 Å². The summed E-state index contributed by atoms with van der Waals surface area (Å²) in [5.74, 6) is 0.833. The summed E-state index contributed by atoms with van der Waals surface area (Å²) < 4.78 is 0. The Morgan fingerprint density at radius 2 is 2.12 bits per heavy atom. The fourth-order valence-corrected chi connectivity index (χ4v) is 0.561. The van der Waals surface area contributed by atoms with Crippen molar-refractivity contribution in [3.8, 4) is 0 Å². The Bertz CT molecular complexity index is 41.7. The zero-order chi connectivity index (χ0) is 6.41. The van der Waals surface area contributed by atoms with Crippen LogP contribution in [0.4, 0.5) is 0 Å². The van der Waals surface area contributed by atoms with Crippen molar-refractivity contribution in [1.29, 1.82) is 0 Å². The van der Waals surface area contributed by atoms with Gasteiger partial charge in [0, 0.05) is 6.54 Å². The molecular formula is C7H16N. The summed E-state index contributed by atoms with van der Waals surface area (Å²) in [6, 6.07) is 0. The minimum Gasteiger partial charge on any atom is -0.315 e. The predicted octanol–water partition coefficient (Wildman–Crippen LogP) is 1.80. The van der Waals surface area contributed by atoms with Crippen LogP contribution in [0, 0.1) is 12.5 Å². The van der Waals surface area contributed by atoms with Gasteiger partial charge in [-0.1, -0.05) is 13.8 Å². The van der Waals surface area contributed by atoms with Crippen LogP contribution in [0.2, 0.25) is 0 Å². The molecule has 0 aromatic rings. The highest BCUT2D eigenvalue weighted by molar-refractivity contribution is 4.58. The molecule has 0 saturated heterocycles. The molecule has 0 bridgehead atoms. The zero-order valence-electron chi connectivity index (χ0n) is 6.07. The summed E-state index contributed by atoms with van der Waals surface area (Å²) >= 11 is 0. The molecule has 0 saturated carbocycles. The monoisotopic (exact) mass is 114 g/mol. The van der Waals surface area contributed by atoms with Gasteiger partial charge in [0.25, 0.3) is 0 Å². The van der Waals surface area contributed by atoms with E-state index < -0.39 is 0 Å². The van der Waals surface area contributed by atoms with Crippen LogP contribution in [-0.4, -0.2) is 7.05 Å². The molecule has 0 spiro atoms. The van der Waals surface area contributed by atoms with Crippen LogP contribution in [-0.2, 0) is 0 Å². The quantitative estimate of drug-likeness (QED) is 0.549. The molecule has 49 valence electrons. The molecule has 0 heterocycles. The molecule has 0 aromatic carbocycles. The van der Waals surface area contributed by atoms with Crippen molar-refractivity contribution in [2.45, 2.75) is 26.7 Å². The summed E-state index contributed by atoms with van der Waals surface area (Å²) in [7, 11) is 1.94. The van der Waals surface area contributed by atoms with Crippen LogP contribution in [0.25, 0.3) is 0 Å². The maximum atomic E-state index is 3.00. The van der Waals surface area contributed by atoms with Gasteiger partial charge >= 0.3 is 0 Å². The molecule has 0 rings (SSSR count). The lowest BCUT2D eigenvalue weighted by atomic mass is 10.1. The maximum absolute atomic E-state index is 3.00. The van der Waals surface area contributed by atoms with Crippen molar-refractivity contribution < 1.29 is 0 Å². The highest BCUT2D eigenvalue weighted by Gasteiger charge is 1.90. The second-order valence-electron chi connectivity index (χ2n) is 2.46. The second kappa shape index (κ2) is 5.10. The lowest BCUT2D eigenvalue weighted by molar-refractivity contribution is 0.571. The average molecular weight is 114 g/mol. The number of rotatable bonds is 4. The first-order chi connectivity index (χ1) is 3.77. The Morgan fingerprint density at radius 3 is 2.50 bits per heavy atom. The summed E-state index contributed by atoms with van der Waals surface area (Å²) in [4.78, 5) is 0. The fraction of sp³-hybridized carbons (Fsp3) is 0.857. The van der Waals surface area contributed by atoms with Crippen molar-refractivity contribution in [2.24, 2.45) is 5.92 Å². The van der Waals surface area contributed by atoms with Gasteiger partial charge in [-0.3, -0.25) is 0 Å². The molecule has 1 N–H and O–H groups in total. The first kappa shape index (κ1) is 7.96. The van der Waals surface area contributed by atoms with E-state index in [-0.39, 0.29) is 0 Å².